The Bertz CT molecular complexity index is 406. The molecule has 1 fully saturated rings. The lowest BCUT2D eigenvalue weighted by molar-refractivity contribution is -0.173. The van der Waals surface area contributed by atoms with Crippen LogP contribution in [0.3, 0.4) is 0 Å². The first-order valence-corrected chi connectivity index (χ1v) is 9.22. The van der Waals surface area contributed by atoms with Crippen LogP contribution in [0.15, 0.2) is 4.99 Å². The van der Waals surface area contributed by atoms with E-state index in [-0.39, 0.29) is 30.6 Å². The molecular weight excluding hydrogens is 476 g/mol. The van der Waals surface area contributed by atoms with Crippen molar-refractivity contribution < 1.29 is 22.6 Å². The molecule has 0 aliphatic carbocycles. The molecule has 1 aliphatic heterocycles. The van der Waals surface area contributed by atoms with Gasteiger partial charge in [0.1, 0.15) is 6.61 Å². The van der Waals surface area contributed by atoms with Crippen LogP contribution in [0.1, 0.15) is 26.7 Å². The molecule has 2 N–H and O–H groups in total. The van der Waals surface area contributed by atoms with E-state index < -0.39 is 12.8 Å². The molecule has 0 radical (unpaired) electrons. The lowest BCUT2D eigenvalue weighted by Gasteiger charge is -2.35. The minimum Gasteiger partial charge on any atom is -0.379 e. The normalized spacial score (nSPS) is 17.5. The molecule has 0 aromatic rings. The van der Waals surface area contributed by atoms with Gasteiger partial charge in [-0.05, 0) is 18.8 Å². The second-order valence-corrected chi connectivity index (χ2v) is 6.83. The van der Waals surface area contributed by atoms with Gasteiger partial charge in [-0.25, -0.2) is 0 Å². The fraction of sp³-hybridized carbons (Fsp3) is 0.941. The van der Waals surface area contributed by atoms with Crippen molar-refractivity contribution in [3.8, 4) is 0 Å². The molecule has 0 bridgehead atoms. The average Bonchev–Trinajstić information content (AvgIpc) is 2.58. The minimum atomic E-state index is -4.27. The van der Waals surface area contributed by atoms with Gasteiger partial charge in [-0.2, -0.15) is 13.2 Å². The lowest BCUT2D eigenvalue weighted by Crippen LogP contribution is -2.51. The Kier molecular flexibility index (Phi) is 14.5. The Balaban J connectivity index is 0.00000676. The number of guanidine groups is 1. The molecule has 0 aromatic carbocycles. The van der Waals surface area contributed by atoms with Crippen molar-refractivity contribution in [3.63, 3.8) is 0 Å². The molecule has 0 spiro atoms. The number of nitrogens with zero attached hydrogens (tertiary/aromatic N) is 2. The Hall–Kier alpha value is -0.330. The standard InChI is InChI=1S/C17H33F3N4O2.HI/c1-14(2)11-15(24-6-9-25-10-7-24)12-23-16(21-3)22-5-4-8-26-13-17(18,19)20;/h14-15H,4-13H2,1-3H3,(H2,21,22,23);1H. The van der Waals surface area contributed by atoms with Crippen molar-refractivity contribution in [2.45, 2.75) is 38.9 Å². The number of rotatable bonds is 10. The monoisotopic (exact) mass is 510 g/mol. The molecule has 10 heteroatoms. The first-order valence-electron chi connectivity index (χ1n) is 9.22. The van der Waals surface area contributed by atoms with Crippen molar-refractivity contribution in [1.82, 2.24) is 15.5 Å². The van der Waals surface area contributed by atoms with Gasteiger partial charge in [-0.15, -0.1) is 24.0 Å². The number of nitrogens with one attached hydrogen (secondary N) is 2. The van der Waals surface area contributed by atoms with Crippen LogP contribution >= 0.6 is 24.0 Å². The van der Waals surface area contributed by atoms with E-state index in [1.165, 1.54) is 0 Å². The fourth-order valence-electron chi connectivity index (χ4n) is 2.85. The van der Waals surface area contributed by atoms with Crippen LogP contribution in [0.5, 0.6) is 0 Å². The van der Waals surface area contributed by atoms with E-state index in [0.29, 0.717) is 30.9 Å². The summed E-state index contributed by atoms with van der Waals surface area (Å²) in [6.07, 6.45) is -2.71. The van der Waals surface area contributed by atoms with E-state index in [0.717, 1.165) is 39.3 Å². The van der Waals surface area contributed by atoms with Crippen LogP contribution in [0.25, 0.3) is 0 Å². The fourth-order valence-corrected chi connectivity index (χ4v) is 2.85. The van der Waals surface area contributed by atoms with Crippen LogP contribution in [0.4, 0.5) is 13.2 Å². The molecule has 0 aromatic heterocycles. The van der Waals surface area contributed by atoms with Gasteiger partial charge in [0, 0.05) is 45.9 Å². The third-order valence-corrected chi connectivity index (χ3v) is 4.06. The number of hydrogen-bond donors (Lipinski definition) is 2. The van der Waals surface area contributed by atoms with Gasteiger partial charge < -0.3 is 20.1 Å². The van der Waals surface area contributed by atoms with Crippen LogP contribution in [0, 0.1) is 5.92 Å². The molecular formula is C17H34F3IN4O2. The van der Waals surface area contributed by atoms with Gasteiger partial charge in [-0.3, -0.25) is 9.89 Å². The molecule has 1 unspecified atom stereocenters. The highest BCUT2D eigenvalue weighted by atomic mass is 127. The second-order valence-electron chi connectivity index (χ2n) is 6.83. The third kappa shape index (κ3) is 13.5. The molecule has 1 rings (SSSR count). The largest absolute Gasteiger partial charge is 0.411 e. The zero-order chi connectivity index (χ0) is 19.4. The molecule has 1 heterocycles. The highest BCUT2D eigenvalue weighted by molar-refractivity contribution is 14.0. The van der Waals surface area contributed by atoms with E-state index in [4.69, 9.17) is 4.74 Å². The van der Waals surface area contributed by atoms with Crippen molar-refractivity contribution in [3.05, 3.63) is 0 Å². The predicted molar refractivity (Wildman–Crippen MR) is 112 cm³/mol. The summed E-state index contributed by atoms with van der Waals surface area (Å²) in [5.74, 6) is 1.24. The summed E-state index contributed by atoms with van der Waals surface area (Å²) < 4.78 is 46.0. The van der Waals surface area contributed by atoms with Crippen LogP contribution in [-0.4, -0.2) is 82.7 Å². The Morgan fingerprint density at radius 3 is 2.44 bits per heavy atom. The van der Waals surface area contributed by atoms with Crippen molar-refractivity contribution in [1.29, 1.82) is 0 Å². The maximum Gasteiger partial charge on any atom is 0.411 e. The van der Waals surface area contributed by atoms with E-state index in [2.05, 4.69) is 39.1 Å². The Morgan fingerprint density at radius 2 is 1.89 bits per heavy atom. The minimum absolute atomic E-state index is 0. The van der Waals surface area contributed by atoms with Gasteiger partial charge >= 0.3 is 6.18 Å². The number of alkyl halides is 3. The first kappa shape index (κ1) is 26.7. The quantitative estimate of drug-likeness (QED) is 0.205. The predicted octanol–water partition coefficient (Wildman–Crippen LogP) is 2.49. The van der Waals surface area contributed by atoms with E-state index in [9.17, 15) is 13.2 Å². The van der Waals surface area contributed by atoms with E-state index in [1.807, 2.05) is 0 Å². The summed E-state index contributed by atoms with van der Waals surface area (Å²) in [5.41, 5.74) is 0. The number of halogens is 4. The summed E-state index contributed by atoms with van der Waals surface area (Å²) in [5, 5.41) is 6.44. The third-order valence-electron chi connectivity index (χ3n) is 4.06. The van der Waals surface area contributed by atoms with Gasteiger partial charge in [-0.1, -0.05) is 13.8 Å². The van der Waals surface area contributed by atoms with Gasteiger partial charge in [0.2, 0.25) is 0 Å². The lowest BCUT2D eigenvalue weighted by atomic mass is 10.0. The molecule has 27 heavy (non-hydrogen) atoms. The van der Waals surface area contributed by atoms with E-state index >= 15 is 0 Å². The van der Waals surface area contributed by atoms with Crippen LogP contribution < -0.4 is 10.6 Å². The zero-order valence-corrected chi connectivity index (χ0v) is 18.8. The van der Waals surface area contributed by atoms with Crippen LogP contribution in [0.2, 0.25) is 0 Å². The van der Waals surface area contributed by atoms with Crippen molar-refractivity contribution in [2.75, 3.05) is 59.7 Å². The average molecular weight is 510 g/mol. The summed E-state index contributed by atoms with van der Waals surface area (Å²) in [6.45, 7) is 7.95. The number of aliphatic imine (C=N–C) groups is 1. The molecule has 0 amide bonds. The smallest absolute Gasteiger partial charge is 0.379 e. The molecule has 1 aliphatic rings. The van der Waals surface area contributed by atoms with Crippen molar-refractivity contribution in [2.24, 2.45) is 10.9 Å². The SMILES string of the molecule is CN=C(NCCCOCC(F)(F)F)NCC(CC(C)C)N1CCOCC1.I. The number of hydrogen-bond acceptors (Lipinski definition) is 4. The maximum absolute atomic E-state index is 12.0. The van der Waals surface area contributed by atoms with Gasteiger partial charge in [0.15, 0.2) is 5.96 Å². The van der Waals surface area contributed by atoms with Gasteiger partial charge in [0.25, 0.3) is 0 Å². The van der Waals surface area contributed by atoms with Crippen LogP contribution in [-0.2, 0) is 9.47 Å². The molecule has 1 atom stereocenters. The Morgan fingerprint density at radius 1 is 1.22 bits per heavy atom. The second kappa shape index (κ2) is 14.6. The number of ether oxygens (including phenoxy) is 2. The van der Waals surface area contributed by atoms with E-state index in [1.54, 1.807) is 7.05 Å². The highest BCUT2D eigenvalue weighted by Gasteiger charge is 2.27. The molecule has 6 nitrogen and oxygen atoms in total. The Labute approximate surface area is 177 Å². The molecule has 0 saturated carbocycles. The van der Waals surface area contributed by atoms with Crippen molar-refractivity contribution >= 4 is 29.9 Å². The number of morpholine rings is 1. The summed E-state index contributed by atoms with van der Waals surface area (Å²) >= 11 is 0. The first-order chi connectivity index (χ1) is 12.3. The van der Waals surface area contributed by atoms with Gasteiger partial charge in [0.05, 0.1) is 13.2 Å². The summed E-state index contributed by atoms with van der Waals surface area (Å²) in [7, 11) is 1.68. The summed E-state index contributed by atoms with van der Waals surface area (Å²) in [6, 6.07) is 0.396. The molecule has 162 valence electrons. The maximum atomic E-state index is 12.0. The highest BCUT2D eigenvalue weighted by Crippen LogP contribution is 2.14. The summed E-state index contributed by atoms with van der Waals surface area (Å²) in [4.78, 5) is 6.61. The zero-order valence-electron chi connectivity index (χ0n) is 16.5. The molecule has 1 saturated heterocycles. The topological polar surface area (TPSA) is 58.1 Å².